The molecule has 2 fully saturated rings. The molecule has 2 rings (SSSR count). The zero-order valence-corrected chi connectivity index (χ0v) is 8.68. The Bertz CT molecular complexity index is 222. The van der Waals surface area contributed by atoms with E-state index in [0.717, 1.165) is 32.4 Å². The number of carbonyl (C=O) groups excluding carboxylic acids is 1. The van der Waals surface area contributed by atoms with Gasteiger partial charge in [0, 0.05) is 13.0 Å². The van der Waals surface area contributed by atoms with Crippen molar-refractivity contribution in [3.05, 3.63) is 0 Å². The van der Waals surface area contributed by atoms with E-state index >= 15 is 0 Å². The summed E-state index contributed by atoms with van der Waals surface area (Å²) in [4.78, 5) is 13.9. The van der Waals surface area contributed by atoms with Crippen LogP contribution in [-0.2, 0) is 4.79 Å². The summed E-state index contributed by atoms with van der Waals surface area (Å²) in [5.41, 5.74) is 0.433. The Kier molecular flexibility index (Phi) is 2.18. The molecule has 1 aliphatic carbocycles. The molecule has 1 atom stereocenters. The summed E-state index contributed by atoms with van der Waals surface area (Å²) in [6.07, 6.45) is 4.29. The molecule has 1 unspecified atom stereocenters. The second-order valence-corrected chi connectivity index (χ2v) is 5.26. The van der Waals surface area contributed by atoms with Gasteiger partial charge in [0.1, 0.15) is 5.78 Å². The molecule has 0 N–H and O–H groups in total. The lowest BCUT2D eigenvalue weighted by Crippen LogP contribution is -2.37. The first kappa shape index (κ1) is 9.20. The van der Waals surface area contributed by atoms with Gasteiger partial charge < -0.3 is 0 Å². The van der Waals surface area contributed by atoms with Crippen LogP contribution in [0.1, 0.15) is 39.5 Å². The van der Waals surface area contributed by atoms with Crippen molar-refractivity contribution >= 4 is 5.78 Å². The van der Waals surface area contributed by atoms with E-state index in [9.17, 15) is 4.79 Å². The van der Waals surface area contributed by atoms with Gasteiger partial charge in [-0.1, -0.05) is 13.8 Å². The number of likely N-dealkylation sites (tertiary alicyclic amines) is 1. The molecular weight excluding hydrogens is 162 g/mol. The Morgan fingerprint density at radius 3 is 2.69 bits per heavy atom. The third-order valence-corrected chi connectivity index (χ3v) is 3.42. The largest absolute Gasteiger partial charge is 0.298 e. The summed E-state index contributed by atoms with van der Waals surface area (Å²) < 4.78 is 0. The van der Waals surface area contributed by atoms with Gasteiger partial charge in [-0.15, -0.1) is 0 Å². The number of hydrogen-bond donors (Lipinski definition) is 0. The van der Waals surface area contributed by atoms with Gasteiger partial charge in [0.2, 0.25) is 0 Å². The van der Waals surface area contributed by atoms with Crippen molar-refractivity contribution in [1.82, 2.24) is 4.90 Å². The second kappa shape index (κ2) is 3.09. The molecule has 0 radical (unpaired) electrons. The molecule has 74 valence electrons. The van der Waals surface area contributed by atoms with Crippen molar-refractivity contribution in [3.8, 4) is 0 Å². The highest BCUT2D eigenvalue weighted by atomic mass is 16.1. The summed E-state index contributed by atoms with van der Waals surface area (Å²) in [7, 11) is 0. The first-order chi connectivity index (χ1) is 6.08. The van der Waals surface area contributed by atoms with Crippen LogP contribution in [-0.4, -0.2) is 29.8 Å². The van der Waals surface area contributed by atoms with Crippen molar-refractivity contribution in [2.45, 2.75) is 45.6 Å². The Hall–Kier alpha value is -0.370. The van der Waals surface area contributed by atoms with Crippen LogP contribution in [0.5, 0.6) is 0 Å². The zero-order valence-electron chi connectivity index (χ0n) is 8.68. The summed E-state index contributed by atoms with van der Waals surface area (Å²) in [6, 6.07) is 0.279. The lowest BCUT2D eigenvalue weighted by atomic mass is 9.93. The molecule has 2 nitrogen and oxygen atoms in total. The number of Topliss-reactive ketones (excluding diaryl/α,β-unsaturated/α-hetero) is 1. The van der Waals surface area contributed by atoms with E-state index in [1.165, 1.54) is 6.42 Å². The molecule has 13 heavy (non-hydrogen) atoms. The highest BCUT2D eigenvalue weighted by Crippen LogP contribution is 2.33. The zero-order chi connectivity index (χ0) is 9.47. The molecule has 2 aliphatic rings. The topological polar surface area (TPSA) is 20.3 Å². The van der Waals surface area contributed by atoms with Crippen molar-refractivity contribution in [3.63, 3.8) is 0 Å². The van der Waals surface area contributed by atoms with Crippen molar-refractivity contribution in [2.75, 3.05) is 13.1 Å². The van der Waals surface area contributed by atoms with Gasteiger partial charge in [0.15, 0.2) is 0 Å². The number of ketones is 1. The maximum absolute atomic E-state index is 11.5. The van der Waals surface area contributed by atoms with E-state index in [0.29, 0.717) is 11.2 Å². The predicted octanol–water partition coefficient (Wildman–Crippen LogP) is 1.84. The van der Waals surface area contributed by atoms with Gasteiger partial charge in [0.05, 0.1) is 6.04 Å². The van der Waals surface area contributed by atoms with E-state index in [1.807, 2.05) is 0 Å². The molecule has 2 heteroatoms. The van der Waals surface area contributed by atoms with Gasteiger partial charge >= 0.3 is 0 Å². The highest BCUT2D eigenvalue weighted by molar-refractivity contribution is 5.85. The molecule has 1 saturated heterocycles. The van der Waals surface area contributed by atoms with Crippen LogP contribution in [0.3, 0.4) is 0 Å². The van der Waals surface area contributed by atoms with Crippen LogP contribution < -0.4 is 0 Å². The number of carbonyl (C=O) groups is 1. The third kappa shape index (κ3) is 1.78. The van der Waals surface area contributed by atoms with E-state index in [4.69, 9.17) is 0 Å². The lowest BCUT2D eigenvalue weighted by Gasteiger charge is -2.24. The van der Waals surface area contributed by atoms with Crippen LogP contribution in [0.25, 0.3) is 0 Å². The first-order valence-corrected chi connectivity index (χ1v) is 5.35. The van der Waals surface area contributed by atoms with Gasteiger partial charge in [-0.2, -0.15) is 0 Å². The smallest absolute Gasteiger partial charge is 0.149 e. The van der Waals surface area contributed by atoms with E-state index in [-0.39, 0.29) is 6.04 Å². The minimum atomic E-state index is 0.279. The molecule has 0 aromatic rings. The summed E-state index contributed by atoms with van der Waals surface area (Å²) >= 11 is 0. The minimum Gasteiger partial charge on any atom is -0.298 e. The van der Waals surface area contributed by atoms with E-state index < -0.39 is 0 Å². The fourth-order valence-electron chi connectivity index (χ4n) is 2.60. The first-order valence-electron chi connectivity index (χ1n) is 5.35. The Labute approximate surface area is 80.3 Å². The summed E-state index contributed by atoms with van der Waals surface area (Å²) in [5.74, 6) is 0.484. The van der Waals surface area contributed by atoms with Gasteiger partial charge in [0.25, 0.3) is 0 Å². The molecule has 0 bridgehead atoms. The monoisotopic (exact) mass is 181 g/mol. The molecule has 1 saturated carbocycles. The van der Waals surface area contributed by atoms with Gasteiger partial charge in [-0.25, -0.2) is 0 Å². The quantitative estimate of drug-likeness (QED) is 0.615. The van der Waals surface area contributed by atoms with Crippen molar-refractivity contribution in [2.24, 2.45) is 5.41 Å². The Morgan fingerprint density at radius 1 is 1.46 bits per heavy atom. The maximum atomic E-state index is 11.5. The lowest BCUT2D eigenvalue weighted by molar-refractivity contribution is -0.121. The minimum absolute atomic E-state index is 0.279. The summed E-state index contributed by atoms with van der Waals surface area (Å²) in [6.45, 7) is 6.84. The van der Waals surface area contributed by atoms with Gasteiger partial charge in [-0.3, -0.25) is 9.69 Å². The van der Waals surface area contributed by atoms with Crippen molar-refractivity contribution in [1.29, 1.82) is 0 Å². The molecule has 1 heterocycles. The highest BCUT2D eigenvalue weighted by Gasteiger charge is 2.37. The molecular formula is C11H19NO. The average Bonchev–Trinajstić information content (AvgIpc) is 2.56. The molecule has 0 amide bonds. The van der Waals surface area contributed by atoms with Crippen LogP contribution in [0.15, 0.2) is 0 Å². The Balaban J connectivity index is 1.99. The molecule has 0 aromatic carbocycles. The summed E-state index contributed by atoms with van der Waals surface area (Å²) in [5, 5.41) is 0. The number of hydrogen-bond acceptors (Lipinski definition) is 2. The normalized spacial score (nSPS) is 34.3. The standard InChI is InChI=1S/C11H19NO/c1-11(2)6-7-12(8-11)9-4-3-5-10(9)13/h9H,3-8H2,1-2H3. The Morgan fingerprint density at radius 2 is 2.23 bits per heavy atom. The molecule has 0 aromatic heterocycles. The number of rotatable bonds is 1. The van der Waals surface area contributed by atoms with E-state index in [2.05, 4.69) is 18.7 Å². The SMILES string of the molecule is CC1(C)CCN(C2CCCC2=O)C1. The number of nitrogens with zero attached hydrogens (tertiary/aromatic N) is 1. The van der Waals surface area contributed by atoms with Crippen molar-refractivity contribution < 1.29 is 4.79 Å². The van der Waals surface area contributed by atoms with Crippen LogP contribution >= 0.6 is 0 Å². The van der Waals surface area contributed by atoms with Crippen LogP contribution in [0.4, 0.5) is 0 Å². The maximum Gasteiger partial charge on any atom is 0.149 e. The van der Waals surface area contributed by atoms with Gasteiger partial charge in [-0.05, 0) is 31.2 Å². The average molecular weight is 181 g/mol. The second-order valence-electron chi connectivity index (χ2n) is 5.26. The van der Waals surface area contributed by atoms with Crippen LogP contribution in [0, 0.1) is 5.41 Å². The molecule has 0 spiro atoms. The predicted molar refractivity (Wildman–Crippen MR) is 52.6 cm³/mol. The third-order valence-electron chi connectivity index (χ3n) is 3.42. The molecule has 1 aliphatic heterocycles. The van der Waals surface area contributed by atoms with E-state index in [1.54, 1.807) is 0 Å². The van der Waals surface area contributed by atoms with Crippen LogP contribution in [0.2, 0.25) is 0 Å². The fourth-order valence-corrected chi connectivity index (χ4v) is 2.60. The fraction of sp³-hybridized carbons (Fsp3) is 0.909.